The molecule has 122 valence electrons. The van der Waals surface area contributed by atoms with Crippen LogP contribution in [0.1, 0.15) is 26.4 Å². The highest BCUT2D eigenvalue weighted by Crippen LogP contribution is 2.23. The first-order valence-corrected chi connectivity index (χ1v) is 9.17. The van der Waals surface area contributed by atoms with Crippen LogP contribution in [0.4, 0.5) is 9.52 Å². The normalized spacial score (nSPS) is 10.6. The molecule has 0 aliphatic rings. The van der Waals surface area contributed by atoms with Gasteiger partial charge in [0.25, 0.3) is 5.91 Å². The van der Waals surface area contributed by atoms with E-state index in [0.717, 1.165) is 11.3 Å². The van der Waals surface area contributed by atoms with Crippen LogP contribution in [-0.4, -0.2) is 10.9 Å². The van der Waals surface area contributed by atoms with Gasteiger partial charge < -0.3 is 0 Å². The Morgan fingerprint density at radius 1 is 1.25 bits per heavy atom. The van der Waals surface area contributed by atoms with Crippen molar-refractivity contribution in [2.45, 2.75) is 13.3 Å². The molecule has 0 bridgehead atoms. The predicted octanol–water partition coefficient (Wildman–Crippen LogP) is 5.04. The van der Waals surface area contributed by atoms with Crippen LogP contribution in [0.25, 0.3) is 0 Å². The van der Waals surface area contributed by atoms with Gasteiger partial charge in [-0.3, -0.25) is 10.1 Å². The molecule has 0 aliphatic carbocycles. The number of halogens is 2. The summed E-state index contributed by atoms with van der Waals surface area (Å²) in [5.74, 6) is -0.638. The minimum absolute atomic E-state index is 0.282. The first-order chi connectivity index (χ1) is 11.5. The number of thiazole rings is 1. The summed E-state index contributed by atoms with van der Waals surface area (Å²) in [7, 11) is 0. The van der Waals surface area contributed by atoms with Crippen LogP contribution in [-0.2, 0) is 6.42 Å². The van der Waals surface area contributed by atoms with Crippen molar-refractivity contribution in [3.8, 4) is 0 Å². The summed E-state index contributed by atoms with van der Waals surface area (Å²) in [5.41, 5.74) is 2.87. The van der Waals surface area contributed by atoms with Crippen LogP contribution < -0.4 is 5.32 Å². The number of hydrogen-bond acceptors (Lipinski definition) is 3. The monoisotopic (exact) mass is 452 g/mol. The average molecular weight is 452 g/mol. The van der Waals surface area contributed by atoms with Crippen LogP contribution >= 0.6 is 33.9 Å². The van der Waals surface area contributed by atoms with E-state index in [4.69, 9.17) is 0 Å². The molecular formula is C18H14FIN2OS. The molecule has 0 fully saturated rings. The highest BCUT2D eigenvalue weighted by molar-refractivity contribution is 14.1. The molecular weight excluding hydrogens is 438 g/mol. The van der Waals surface area contributed by atoms with Gasteiger partial charge in [0, 0.05) is 21.1 Å². The highest BCUT2D eigenvalue weighted by atomic mass is 127. The fraction of sp³-hybridized carbons (Fsp3) is 0.111. The van der Waals surface area contributed by atoms with Crippen LogP contribution in [0, 0.1) is 16.3 Å². The Bertz CT molecular complexity index is 877. The van der Waals surface area contributed by atoms with E-state index in [-0.39, 0.29) is 11.7 Å². The third-order valence-electron chi connectivity index (χ3n) is 3.45. The van der Waals surface area contributed by atoms with Gasteiger partial charge in [-0.15, -0.1) is 11.3 Å². The molecule has 0 radical (unpaired) electrons. The van der Waals surface area contributed by atoms with Crippen molar-refractivity contribution in [1.82, 2.24) is 4.98 Å². The number of aromatic nitrogens is 1. The molecule has 0 unspecified atom stereocenters. The second-order valence-corrected chi connectivity index (χ2v) is 7.65. The number of hydrogen-bond donors (Lipinski definition) is 1. The maximum atomic E-state index is 13.1. The molecule has 0 aliphatic heterocycles. The van der Waals surface area contributed by atoms with Gasteiger partial charge in [-0.05, 0) is 53.3 Å². The molecule has 1 amide bonds. The number of amides is 1. The molecule has 0 atom stereocenters. The molecule has 0 saturated carbocycles. The summed E-state index contributed by atoms with van der Waals surface area (Å²) in [6, 6.07) is 12.4. The molecule has 0 spiro atoms. The van der Waals surface area contributed by atoms with Crippen LogP contribution in [0.15, 0.2) is 48.7 Å². The number of aryl methyl sites for hydroxylation is 1. The van der Waals surface area contributed by atoms with Crippen LogP contribution in [0.5, 0.6) is 0 Å². The molecule has 1 aromatic heterocycles. The highest BCUT2D eigenvalue weighted by Gasteiger charge is 2.13. The maximum Gasteiger partial charge on any atom is 0.258 e. The Hall–Kier alpha value is -1.80. The van der Waals surface area contributed by atoms with Crippen molar-refractivity contribution in [2.24, 2.45) is 0 Å². The summed E-state index contributed by atoms with van der Waals surface area (Å²) in [4.78, 5) is 17.6. The fourth-order valence-corrected chi connectivity index (χ4v) is 3.76. The number of anilines is 1. The zero-order valence-electron chi connectivity index (χ0n) is 12.8. The number of carbonyl (C=O) groups excluding carboxylic acids is 1. The molecule has 3 nitrogen and oxygen atoms in total. The predicted molar refractivity (Wildman–Crippen MR) is 103 cm³/mol. The van der Waals surface area contributed by atoms with Crippen molar-refractivity contribution in [1.29, 1.82) is 0 Å². The lowest BCUT2D eigenvalue weighted by molar-refractivity contribution is 0.102. The summed E-state index contributed by atoms with van der Waals surface area (Å²) < 4.78 is 13.7. The first-order valence-electron chi connectivity index (χ1n) is 7.28. The van der Waals surface area contributed by atoms with Crippen LogP contribution in [0.2, 0.25) is 0 Å². The average Bonchev–Trinajstić information content (AvgIpc) is 2.96. The SMILES string of the molecule is Cc1ccc(Cc2cnc(NC(=O)c3ccc(F)cc3I)s2)cc1. The van der Waals surface area contributed by atoms with Gasteiger partial charge in [0.2, 0.25) is 0 Å². The third-order valence-corrected chi connectivity index (χ3v) is 5.25. The van der Waals surface area contributed by atoms with E-state index in [1.165, 1.54) is 40.7 Å². The number of carbonyl (C=O) groups is 1. The Labute approximate surface area is 157 Å². The summed E-state index contributed by atoms with van der Waals surface area (Å²) in [5, 5.41) is 3.32. The van der Waals surface area contributed by atoms with E-state index >= 15 is 0 Å². The Balaban J connectivity index is 1.69. The second-order valence-electron chi connectivity index (χ2n) is 5.37. The minimum atomic E-state index is -0.356. The lowest BCUT2D eigenvalue weighted by Crippen LogP contribution is -2.13. The van der Waals surface area contributed by atoms with Gasteiger partial charge in [0.15, 0.2) is 5.13 Å². The van der Waals surface area contributed by atoms with E-state index in [2.05, 4.69) is 41.5 Å². The number of nitrogens with zero attached hydrogens (tertiary/aromatic N) is 1. The minimum Gasteiger partial charge on any atom is -0.298 e. The van der Waals surface area contributed by atoms with Gasteiger partial charge in [-0.1, -0.05) is 29.8 Å². The standard InChI is InChI=1S/C18H14FIN2OS/c1-11-2-4-12(5-3-11)8-14-10-21-18(24-14)22-17(23)15-7-6-13(19)9-16(15)20/h2-7,9-10H,8H2,1H3,(H,21,22,23). The topological polar surface area (TPSA) is 42.0 Å². The van der Waals surface area contributed by atoms with Crippen molar-refractivity contribution in [3.05, 3.63) is 79.6 Å². The van der Waals surface area contributed by atoms with Gasteiger partial charge in [-0.25, -0.2) is 9.37 Å². The quantitative estimate of drug-likeness (QED) is 0.564. The fourth-order valence-electron chi connectivity index (χ4n) is 2.19. The van der Waals surface area contributed by atoms with E-state index in [1.807, 2.05) is 22.6 Å². The summed E-state index contributed by atoms with van der Waals surface area (Å²) >= 11 is 3.39. The largest absolute Gasteiger partial charge is 0.298 e. The van der Waals surface area contributed by atoms with Crippen LogP contribution in [0.3, 0.4) is 0 Å². The first kappa shape index (κ1) is 17.0. The molecule has 3 rings (SSSR count). The van der Waals surface area contributed by atoms with Gasteiger partial charge >= 0.3 is 0 Å². The van der Waals surface area contributed by atoms with E-state index in [0.29, 0.717) is 14.3 Å². The second kappa shape index (κ2) is 7.40. The van der Waals surface area contributed by atoms with E-state index < -0.39 is 0 Å². The molecule has 6 heteroatoms. The number of nitrogens with one attached hydrogen (secondary N) is 1. The Morgan fingerprint density at radius 3 is 2.71 bits per heavy atom. The zero-order valence-corrected chi connectivity index (χ0v) is 15.8. The maximum absolute atomic E-state index is 13.1. The number of benzene rings is 2. The van der Waals surface area contributed by atoms with Crippen molar-refractivity contribution >= 4 is 45.0 Å². The Morgan fingerprint density at radius 2 is 2.00 bits per heavy atom. The third kappa shape index (κ3) is 4.18. The van der Waals surface area contributed by atoms with E-state index in [1.54, 1.807) is 6.20 Å². The lowest BCUT2D eigenvalue weighted by Gasteiger charge is -2.04. The number of rotatable bonds is 4. The van der Waals surface area contributed by atoms with Crippen molar-refractivity contribution in [3.63, 3.8) is 0 Å². The molecule has 3 aromatic rings. The van der Waals surface area contributed by atoms with Gasteiger partial charge in [-0.2, -0.15) is 0 Å². The van der Waals surface area contributed by atoms with E-state index in [9.17, 15) is 9.18 Å². The lowest BCUT2D eigenvalue weighted by atomic mass is 10.1. The molecule has 1 heterocycles. The molecule has 2 aromatic carbocycles. The molecule has 24 heavy (non-hydrogen) atoms. The zero-order chi connectivity index (χ0) is 17.1. The Kier molecular flexibility index (Phi) is 5.25. The summed E-state index contributed by atoms with van der Waals surface area (Å²) in [6.07, 6.45) is 2.55. The van der Waals surface area contributed by atoms with Gasteiger partial charge in [0.05, 0.1) is 5.56 Å². The molecule has 0 saturated heterocycles. The van der Waals surface area contributed by atoms with Crippen molar-refractivity contribution in [2.75, 3.05) is 5.32 Å². The summed E-state index contributed by atoms with van der Waals surface area (Å²) in [6.45, 7) is 2.06. The smallest absolute Gasteiger partial charge is 0.258 e. The van der Waals surface area contributed by atoms with Crippen molar-refractivity contribution < 1.29 is 9.18 Å². The molecule has 1 N–H and O–H groups in total. The van der Waals surface area contributed by atoms with Gasteiger partial charge in [0.1, 0.15) is 5.82 Å².